The molecule has 2 aromatic heterocycles. The van der Waals surface area contributed by atoms with Crippen LogP contribution in [0.15, 0.2) is 154 Å². The van der Waals surface area contributed by atoms with Gasteiger partial charge in [-0.3, -0.25) is 23.7 Å². The number of carbonyl (C=O) groups excluding carboxylic acids is 1. The molecule has 0 aliphatic rings. The van der Waals surface area contributed by atoms with Gasteiger partial charge in [0, 0.05) is 40.9 Å². The Labute approximate surface area is 328 Å². The van der Waals surface area contributed by atoms with E-state index in [1.54, 1.807) is 30.3 Å². The Kier molecular flexibility index (Phi) is 11.4. The van der Waals surface area contributed by atoms with Gasteiger partial charge in [-0.1, -0.05) is 135 Å². The number of aryl methyl sites for hydroxylation is 1. The first-order chi connectivity index (χ1) is 27.8. The molecule has 0 spiro atoms. The van der Waals surface area contributed by atoms with Crippen LogP contribution in [-0.4, -0.2) is 37.2 Å². The number of nitrogens with one attached hydrogen (secondary N) is 3. The van der Waals surface area contributed by atoms with Crippen LogP contribution < -0.4 is 27.3 Å². The minimum absolute atomic E-state index is 0.176. The summed E-state index contributed by atoms with van der Waals surface area (Å²) in [6.45, 7) is 2.16. The Morgan fingerprint density at radius 3 is 2.00 bits per heavy atom. The maximum atomic E-state index is 14.5. The average Bonchev–Trinajstić information content (AvgIpc) is 3.67. The maximum Gasteiger partial charge on any atom is 0.333 e. The molecule has 0 bridgehead atoms. The summed E-state index contributed by atoms with van der Waals surface area (Å²) >= 11 is 0. The van der Waals surface area contributed by atoms with Crippen molar-refractivity contribution in [1.82, 2.24) is 19.1 Å². The van der Waals surface area contributed by atoms with Crippen molar-refractivity contribution >= 4 is 34.9 Å². The van der Waals surface area contributed by atoms with Crippen LogP contribution in [0.1, 0.15) is 53.4 Å². The van der Waals surface area contributed by atoms with Crippen molar-refractivity contribution in [2.75, 3.05) is 5.32 Å². The number of H-pyrrole nitrogens is 1. The quantitative estimate of drug-likeness (QED) is 0.0752. The second-order valence-corrected chi connectivity index (χ2v) is 13.6. The number of fused-ring (bicyclic) bond motifs is 1. The lowest BCUT2D eigenvalue weighted by molar-refractivity contribution is -0.532. The summed E-state index contributed by atoms with van der Waals surface area (Å²) in [5.41, 5.74) is 9.18. The number of aromatic amines is 1. The fraction of sp³-hybridized carbons (Fsp3) is 0.156. The number of hydrogen-bond donors (Lipinski definition) is 4. The minimum Gasteiger partial charge on any atom is -0.358 e. The lowest BCUT2D eigenvalue weighted by Gasteiger charge is -2.29. The molecule has 0 saturated carbocycles. The number of halogens is 1. The predicted molar refractivity (Wildman–Crippen MR) is 221 cm³/mol. The van der Waals surface area contributed by atoms with E-state index in [1.807, 2.05) is 110 Å². The van der Waals surface area contributed by atoms with Crippen LogP contribution in [0.2, 0.25) is 0 Å². The molecule has 0 aliphatic carbocycles. The van der Waals surface area contributed by atoms with Gasteiger partial charge in [0.15, 0.2) is 11.2 Å². The number of amides is 1. The van der Waals surface area contributed by atoms with E-state index >= 15 is 0 Å². The standard InChI is InChI=1S/C45H41FN8O3/c1-2-3-27-53-41-39(43(56)54(44(53)57)29-32-15-13-14-22-37(32)46)51-38(52-41)28-31-23-25-36(26-24-31)50-42(55)40(47)48-30-49-45(33-16-7-4-8-17-33,34-18-9-5-10-19-34)35-20-11-6-12-21-35/h4-26,30H,2-3,27-29H2,1H3,(H,50,55)(H,51,52)(H2,47,48,49)/p+1. The van der Waals surface area contributed by atoms with Crippen LogP contribution >= 0.6 is 0 Å². The molecular weight excluding hydrogens is 720 g/mol. The van der Waals surface area contributed by atoms with Crippen LogP contribution in [-0.2, 0) is 29.8 Å². The van der Waals surface area contributed by atoms with Gasteiger partial charge in [0.05, 0.1) is 6.54 Å². The molecule has 0 atom stereocenters. The van der Waals surface area contributed by atoms with Gasteiger partial charge in [0.25, 0.3) is 11.9 Å². The lowest BCUT2D eigenvalue weighted by Crippen LogP contribution is -2.83. The van der Waals surface area contributed by atoms with E-state index in [9.17, 15) is 18.8 Å². The highest BCUT2D eigenvalue weighted by Gasteiger charge is 2.38. The zero-order chi connectivity index (χ0) is 39.8. The molecule has 5 N–H and O–H groups in total. The van der Waals surface area contributed by atoms with Crippen LogP contribution in [0, 0.1) is 5.82 Å². The number of aromatic nitrogens is 4. The number of benzene rings is 5. The maximum absolute atomic E-state index is 14.5. The molecule has 7 aromatic rings. The molecule has 12 heteroatoms. The van der Waals surface area contributed by atoms with Gasteiger partial charge in [-0.15, -0.1) is 0 Å². The van der Waals surface area contributed by atoms with E-state index < -0.39 is 28.5 Å². The third-order valence-electron chi connectivity index (χ3n) is 9.85. The highest BCUT2D eigenvalue weighted by atomic mass is 19.1. The zero-order valence-corrected chi connectivity index (χ0v) is 31.4. The summed E-state index contributed by atoms with van der Waals surface area (Å²) in [4.78, 5) is 55.8. The monoisotopic (exact) mass is 761 g/mol. The summed E-state index contributed by atoms with van der Waals surface area (Å²) in [5, 5.41) is 2.79. The van der Waals surface area contributed by atoms with E-state index in [2.05, 4.69) is 25.3 Å². The highest BCUT2D eigenvalue weighted by Crippen LogP contribution is 2.32. The summed E-state index contributed by atoms with van der Waals surface area (Å²) in [6.07, 6.45) is 3.29. The number of nitrogens with zero attached hydrogens (tertiary/aromatic N) is 4. The number of imidazole rings is 1. The largest absolute Gasteiger partial charge is 0.358 e. The number of aliphatic imine (C=N–C) groups is 1. The second-order valence-electron chi connectivity index (χ2n) is 13.6. The van der Waals surface area contributed by atoms with Gasteiger partial charge in [-0.25, -0.2) is 14.2 Å². The molecule has 0 unspecified atom stereocenters. The number of rotatable bonds is 13. The van der Waals surface area contributed by atoms with E-state index in [0.717, 1.165) is 33.2 Å². The molecule has 0 aliphatic heterocycles. The Bertz CT molecular complexity index is 2570. The van der Waals surface area contributed by atoms with Crippen molar-refractivity contribution < 1.29 is 14.2 Å². The first-order valence-corrected chi connectivity index (χ1v) is 18.7. The molecule has 11 nitrogen and oxygen atoms in total. The van der Waals surface area contributed by atoms with E-state index in [4.69, 9.17) is 5.73 Å². The summed E-state index contributed by atoms with van der Waals surface area (Å²) in [7, 11) is 0. The van der Waals surface area contributed by atoms with Crippen LogP contribution in [0.5, 0.6) is 0 Å². The minimum atomic E-state index is -0.829. The predicted octanol–water partition coefficient (Wildman–Crippen LogP) is 4.86. The molecule has 0 fully saturated rings. The molecule has 5 aromatic carbocycles. The van der Waals surface area contributed by atoms with Crippen molar-refractivity contribution in [3.05, 3.63) is 200 Å². The topological polar surface area (TPSA) is 154 Å². The van der Waals surface area contributed by atoms with Crippen molar-refractivity contribution in [2.24, 2.45) is 10.7 Å². The molecule has 1 amide bonds. The third-order valence-corrected chi connectivity index (χ3v) is 9.85. The summed E-state index contributed by atoms with van der Waals surface area (Å²) in [5.74, 6) is -0.845. The number of unbranched alkanes of at least 4 members (excludes halogenated alkanes) is 1. The van der Waals surface area contributed by atoms with Crippen molar-refractivity contribution in [1.29, 1.82) is 0 Å². The normalized spacial score (nSPS) is 12.0. The Hall–Kier alpha value is -7.21. The second kappa shape index (κ2) is 17.1. The fourth-order valence-electron chi connectivity index (χ4n) is 6.92. The van der Waals surface area contributed by atoms with E-state index in [0.29, 0.717) is 30.9 Å². The number of hydrogen-bond acceptors (Lipinski definition) is 4. The SMILES string of the molecule is CCCCn1c(=O)n(Cc2ccccc2F)c(=O)c2[nH]c(Cc3ccc(NC(=O)C(N)=NC=[NH+]C(c4ccccc4)(c4ccccc4)c4ccccc4)cc3)nc21. The lowest BCUT2D eigenvalue weighted by atomic mass is 9.77. The number of amidine groups is 1. The van der Waals surface area contributed by atoms with Crippen LogP contribution in [0.3, 0.4) is 0 Å². The first kappa shape index (κ1) is 38.1. The highest BCUT2D eigenvalue weighted by molar-refractivity contribution is 6.42. The first-order valence-electron chi connectivity index (χ1n) is 18.7. The molecule has 7 rings (SSSR count). The third kappa shape index (κ3) is 8.11. The van der Waals surface area contributed by atoms with Gasteiger partial charge >= 0.3 is 17.4 Å². The molecule has 0 radical (unpaired) electrons. The van der Waals surface area contributed by atoms with Gasteiger partial charge in [0.1, 0.15) is 17.2 Å². The molecule has 57 heavy (non-hydrogen) atoms. The number of carbonyl (C=O) groups is 1. The average molecular weight is 762 g/mol. The number of anilines is 1. The van der Waals surface area contributed by atoms with Crippen LogP contribution in [0.4, 0.5) is 10.1 Å². The molecular formula is C45H42FN8O3+. The van der Waals surface area contributed by atoms with Crippen LogP contribution in [0.25, 0.3) is 11.2 Å². The summed E-state index contributed by atoms with van der Waals surface area (Å²) in [6, 6.07) is 43.2. The molecule has 286 valence electrons. The fourth-order valence-corrected chi connectivity index (χ4v) is 6.92. The van der Waals surface area contributed by atoms with Gasteiger partial charge in [-0.05, 0) is 35.2 Å². The van der Waals surface area contributed by atoms with Crippen molar-refractivity contribution in [2.45, 2.75) is 44.8 Å². The van der Waals surface area contributed by atoms with E-state index in [1.165, 1.54) is 17.0 Å². The summed E-state index contributed by atoms with van der Waals surface area (Å²) < 4.78 is 17.0. The number of nitrogens with two attached hydrogens (primary N) is 1. The van der Waals surface area contributed by atoms with E-state index in [-0.39, 0.29) is 29.1 Å². The van der Waals surface area contributed by atoms with Gasteiger partial charge in [0.2, 0.25) is 0 Å². The molecule has 0 saturated heterocycles. The Morgan fingerprint density at radius 2 is 1.42 bits per heavy atom. The van der Waals surface area contributed by atoms with Gasteiger partial charge < -0.3 is 16.0 Å². The van der Waals surface area contributed by atoms with Gasteiger partial charge in [-0.2, -0.15) is 0 Å². The molecule has 2 heterocycles. The Morgan fingerprint density at radius 1 is 0.842 bits per heavy atom. The Balaban J connectivity index is 1.10. The smallest absolute Gasteiger partial charge is 0.333 e. The van der Waals surface area contributed by atoms with Crippen molar-refractivity contribution in [3.8, 4) is 0 Å². The zero-order valence-electron chi connectivity index (χ0n) is 31.4. The van der Waals surface area contributed by atoms with Crippen molar-refractivity contribution in [3.63, 3.8) is 0 Å².